The fourth-order valence-corrected chi connectivity index (χ4v) is 0. The maximum Gasteiger partial charge on any atom is 0.414 e. The highest BCUT2D eigenvalue weighted by molar-refractivity contribution is 6.27. The van der Waals surface area contributed by atoms with Gasteiger partial charge < -0.3 is 19.8 Å². The van der Waals surface area contributed by atoms with E-state index in [0.29, 0.717) is 0 Å². The van der Waals surface area contributed by atoms with E-state index >= 15 is 0 Å². The van der Waals surface area contributed by atoms with E-state index in [4.69, 9.17) is 24.9 Å². The lowest BCUT2D eigenvalue weighted by Crippen LogP contribution is -2.27. The number of quaternary nitrogens is 1. The Bertz CT molecular complexity index is 131. The van der Waals surface area contributed by atoms with E-state index in [2.05, 4.69) is 28.2 Å². The Morgan fingerprint density at radius 3 is 0.923 bits per heavy atom. The van der Waals surface area contributed by atoms with E-state index < -0.39 is 11.9 Å². The molecular weight excluding hydrogens is 178 g/mol. The van der Waals surface area contributed by atoms with Gasteiger partial charge in [0.05, 0.1) is 28.2 Å². The van der Waals surface area contributed by atoms with Crippen molar-refractivity contribution >= 4 is 11.9 Å². The zero-order chi connectivity index (χ0) is 11.7. The van der Waals surface area contributed by atoms with Crippen LogP contribution in [0.25, 0.3) is 0 Å². The van der Waals surface area contributed by atoms with Crippen LogP contribution in [-0.4, -0.2) is 67.0 Å². The molecule has 0 unspecified atom stereocenters. The zero-order valence-electron chi connectivity index (χ0n) is 8.61. The van der Waals surface area contributed by atoms with Gasteiger partial charge >= 0.3 is 11.9 Å². The third kappa shape index (κ3) is 104. The van der Waals surface area contributed by atoms with E-state index in [-0.39, 0.29) is 0 Å². The van der Waals surface area contributed by atoms with Gasteiger partial charge in [0.2, 0.25) is 0 Å². The Kier molecular flexibility index (Phi) is 12.3. The predicted octanol–water partition coefficient (Wildman–Crippen LogP) is -0.913. The van der Waals surface area contributed by atoms with Gasteiger partial charge in [0, 0.05) is 7.11 Å². The summed E-state index contributed by atoms with van der Waals surface area (Å²) in [6.45, 7) is 0. The summed E-state index contributed by atoms with van der Waals surface area (Å²) in [5, 5.41) is 21.8. The molecule has 0 amide bonds. The minimum absolute atomic E-state index is 1.00. The summed E-state index contributed by atoms with van der Waals surface area (Å²) in [5.74, 6) is -3.65. The van der Waals surface area contributed by atoms with Crippen LogP contribution in [0.4, 0.5) is 0 Å². The molecule has 0 aliphatic heterocycles. The van der Waals surface area contributed by atoms with Crippen LogP contribution in [-0.2, 0) is 9.59 Å². The van der Waals surface area contributed by atoms with Crippen LogP contribution < -0.4 is 0 Å². The van der Waals surface area contributed by atoms with Gasteiger partial charge in [-0.05, 0) is 0 Å². The highest BCUT2D eigenvalue weighted by atomic mass is 16.4. The summed E-state index contributed by atoms with van der Waals surface area (Å²) >= 11 is 0. The number of aliphatic hydroxyl groups excluding tert-OH is 1. The molecule has 6 heteroatoms. The lowest BCUT2D eigenvalue weighted by atomic mass is 10.7. The summed E-state index contributed by atoms with van der Waals surface area (Å²) in [4.78, 5) is 18.2. The standard InChI is InChI=1S/C4H12N.C2H2O4.CH4O/c1-5(2,3)4;3-1(4)2(5)6;1-2/h1-4H3;(H,3,4)(H,5,6);2H,1H3/q+1;;. The third-order valence-electron chi connectivity index (χ3n) is 0.183. The molecule has 0 heterocycles. The van der Waals surface area contributed by atoms with Crippen LogP contribution in [0.2, 0.25) is 0 Å². The highest BCUT2D eigenvalue weighted by Crippen LogP contribution is 1.73. The van der Waals surface area contributed by atoms with Gasteiger partial charge in [-0.15, -0.1) is 0 Å². The van der Waals surface area contributed by atoms with Crippen molar-refractivity contribution in [1.82, 2.24) is 0 Å². The van der Waals surface area contributed by atoms with Crippen molar-refractivity contribution in [2.75, 3.05) is 35.3 Å². The Morgan fingerprint density at radius 2 is 0.923 bits per heavy atom. The molecular formula is C7H18NO5+. The first-order valence-electron chi connectivity index (χ1n) is 3.34. The van der Waals surface area contributed by atoms with Crippen molar-refractivity contribution in [2.45, 2.75) is 0 Å². The van der Waals surface area contributed by atoms with Gasteiger partial charge in [-0.1, -0.05) is 0 Å². The number of carboxylic acid groups (broad SMARTS) is 2. The van der Waals surface area contributed by atoms with E-state index in [1.807, 2.05) is 0 Å². The molecule has 0 aromatic rings. The normalized spacial score (nSPS) is 8.46. The molecule has 0 saturated heterocycles. The molecule has 0 aromatic heterocycles. The van der Waals surface area contributed by atoms with Crippen LogP contribution in [0, 0.1) is 0 Å². The molecule has 6 nitrogen and oxygen atoms in total. The Balaban J connectivity index is -0.000000131. The van der Waals surface area contributed by atoms with Gasteiger partial charge in [0.1, 0.15) is 0 Å². The van der Waals surface area contributed by atoms with Crippen molar-refractivity contribution in [2.24, 2.45) is 0 Å². The smallest absolute Gasteiger partial charge is 0.414 e. The first-order chi connectivity index (χ1) is 5.64. The quantitative estimate of drug-likeness (QED) is 0.344. The van der Waals surface area contributed by atoms with Gasteiger partial charge in [0.15, 0.2) is 0 Å². The predicted molar refractivity (Wildman–Crippen MR) is 47.4 cm³/mol. The van der Waals surface area contributed by atoms with Crippen LogP contribution in [0.1, 0.15) is 0 Å². The van der Waals surface area contributed by atoms with Gasteiger partial charge in [0.25, 0.3) is 0 Å². The topological polar surface area (TPSA) is 94.8 Å². The maximum atomic E-state index is 9.10. The Morgan fingerprint density at radius 1 is 0.846 bits per heavy atom. The minimum Gasteiger partial charge on any atom is -0.473 e. The SMILES string of the molecule is CO.C[N+](C)(C)C.O=C(O)C(=O)O. The molecule has 0 radical (unpaired) electrons. The van der Waals surface area contributed by atoms with Crippen LogP contribution >= 0.6 is 0 Å². The lowest BCUT2D eigenvalue weighted by molar-refractivity contribution is -0.849. The number of carboxylic acids is 2. The molecule has 0 saturated carbocycles. The summed E-state index contributed by atoms with van der Waals surface area (Å²) in [6.07, 6.45) is 0. The average Bonchev–Trinajstić information content (AvgIpc) is 1.88. The van der Waals surface area contributed by atoms with Gasteiger partial charge in [-0.3, -0.25) is 0 Å². The minimum atomic E-state index is -1.82. The molecule has 0 spiro atoms. The molecule has 13 heavy (non-hydrogen) atoms. The van der Waals surface area contributed by atoms with Crippen molar-refractivity contribution in [1.29, 1.82) is 0 Å². The zero-order valence-corrected chi connectivity index (χ0v) is 8.61. The van der Waals surface area contributed by atoms with Crippen LogP contribution in [0.15, 0.2) is 0 Å². The maximum absolute atomic E-state index is 9.10. The fraction of sp³-hybridized carbons (Fsp3) is 0.714. The first-order valence-corrected chi connectivity index (χ1v) is 3.34. The molecule has 0 aliphatic carbocycles. The van der Waals surface area contributed by atoms with E-state index in [9.17, 15) is 0 Å². The third-order valence-corrected chi connectivity index (χ3v) is 0.183. The highest BCUT2D eigenvalue weighted by Gasteiger charge is 2.04. The van der Waals surface area contributed by atoms with Gasteiger partial charge in [-0.2, -0.15) is 0 Å². The Labute approximate surface area is 77.6 Å². The summed E-state index contributed by atoms with van der Waals surface area (Å²) < 4.78 is 1.00. The second-order valence-electron chi connectivity index (χ2n) is 3.29. The van der Waals surface area contributed by atoms with Crippen molar-refractivity contribution < 1.29 is 29.4 Å². The van der Waals surface area contributed by atoms with E-state index in [0.717, 1.165) is 11.6 Å². The molecule has 0 bridgehead atoms. The molecule has 0 aromatic carbocycles. The molecule has 0 rings (SSSR count). The average molecular weight is 196 g/mol. The molecule has 80 valence electrons. The Hall–Kier alpha value is -1.14. The number of aliphatic hydroxyl groups is 1. The lowest BCUT2D eigenvalue weighted by Gasteiger charge is -2.14. The summed E-state index contributed by atoms with van der Waals surface area (Å²) in [5.41, 5.74) is 0. The summed E-state index contributed by atoms with van der Waals surface area (Å²) in [7, 11) is 9.50. The van der Waals surface area contributed by atoms with Crippen LogP contribution in [0.5, 0.6) is 0 Å². The second kappa shape index (κ2) is 8.95. The fourth-order valence-electron chi connectivity index (χ4n) is 0. The van der Waals surface area contributed by atoms with Crippen molar-refractivity contribution in [3.05, 3.63) is 0 Å². The molecule has 3 N–H and O–H groups in total. The number of carbonyl (C=O) groups is 2. The van der Waals surface area contributed by atoms with Crippen molar-refractivity contribution in [3.8, 4) is 0 Å². The molecule has 0 atom stereocenters. The number of hydrogen-bond acceptors (Lipinski definition) is 3. The molecule has 0 fully saturated rings. The first kappa shape index (κ1) is 17.8. The largest absolute Gasteiger partial charge is 0.473 e. The van der Waals surface area contributed by atoms with E-state index in [1.54, 1.807) is 0 Å². The van der Waals surface area contributed by atoms with E-state index in [1.165, 1.54) is 0 Å². The number of nitrogens with zero attached hydrogens (tertiary/aromatic N) is 1. The summed E-state index contributed by atoms with van der Waals surface area (Å²) in [6, 6.07) is 0. The number of hydrogen-bond donors (Lipinski definition) is 3. The number of aliphatic carboxylic acids is 2. The van der Waals surface area contributed by atoms with Crippen molar-refractivity contribution in [3.63, 3.8) is 0 Å². The second-order valence-corrected chi connectivity index (χ2v) is 3.29. The van der Waals surface area contributed by atoms with Gasteiger partial charge in [-0.25, -0.2) is 9.59 Å². The molecule has 0 aliphatic rings. The van der Waals surface area contributed by atoms with Crippen LogP contribution in [0.3, 0.4) is 0 Å². The number of rotatable bonds is 0. The monoisotopic (exact) mass is 196 g/mol.